The predicted molar refractivity (Wildman–Crippen MR) is 114 cm³/mol. The monoisotopic (exact) mass is 403 g/mol. The second-order valence-electron chi connectivity index (χ2n) is 6.93. The lowest BCUT2D eigenvalue weighted by atomic mass is 9.99. The van der Waals surface area contributed by atoms with Gasteiger partial charge in [-0.25, -0.2) is 8.42 Å². The largest absolute Gasteiger partial charge is 0.398 e. The van der Waals surface area contributed by atoms with Crippen LogP contribution in [0.15, 0.2) is 59.2 Å². The van der Waals surface area contributed by atoms with Gasteiger partial charge in [-0.3, -0.25) is 5.41 Å². The minimum absolute atomic E-state index is 0.157. The Kier molecular flexibility index (Phi) is 7.21. The van der Waals surface area contributed by atoms with Gasteiger partial charge < -0.3 is 15.4 Å². The summed E-state index contributed by atoms with van der Waals surface area (Å²) in [6, 6.07) is 4.60. The van der Waals surface area contributed by atoms with Gasteiger partial charge in [0.15, 0.2) is 9.84 Å². The fourth-order valence-electron chi connectivity index (χ4n) is 2.73. The smallest absolute Gasteiger partial charge is 0.181 e. The maximum absolute atomic E-state index is 12.6. The highest BCUT2D eigenvalue weighted by Crippen LogP contribution is 2.34. The van der Waals surface area contributed by atoms with Crippen LogP contribution >= 0.6 is 0 Å². The maximum atomic E-state index is 12.6. The molecule has 28 heavy (non-hydrogen) atoms. The number of sulfone groups is 1. The van der Waals surface area contributed by atoms with Crippen molar-refractivity contribution in [3.05, 3.63) is 59.8 Å². The molecule has 0 aromatic heterocycles. The van der Waals surface area contributed by atoms with E-state index in [2.05, 4.69) is 6.58 Å². The van der Waals surface area contributed by atoms with E-state index < -0.39 is 9.84 Å². The first-order valence-electron chi connectivity index (χ1n) is 9.16. The van der Waals surface area contributed by atoms with Crippen molar-refractivity contribution < 1.29 is 13.2 Å². The Morgan fingerprint density at radius 3 is 2.68 bits per heavy atom. The predicted octanol–water partition coefficient (Wildman–Crippen LogP) is 3.17. The van der Waals surface area contributed by atoms with Crippen molar-refractivity contribution in [1.29, 1.82) is 5.41 Å². The summed E-state index contributed by atoms with van der Waals surface area (Å²) in [4.78, 5) is 2.24. The number of hydrogen-bond acceptors (Lipinski definition) is 6. The highest BCUT2D eigenvalue weighted by molar-refractivity contribution is 7.92. The average Bonchev–Trinajstić information content (AvgIpc) is 3.51. The molecule has 6 nitrogen and oxygen atoms in total. The van der Waals surface area contributed by atoms with E-state index >= 15 is 0 Å². The molecular formula is C21H29N3O3S. The lowest BCUT2D eigenvalue weighted by molar-refractivity contribution is 0.174. The van der Waals surface area contributed by atoms with E-state index in [1.54, 1.807) is 25.3 Å². The van der Waals surface area contributed by atoms with Crippen LogP contribution in [0.4, 0.5) is 5.69 Å². The van der Waals surface area contributed by atoms with Crippen LogP contribution in [0, 0.1) is 5.41 Å². The van der Waals surface area contributed by atoms with Crippen LogP contribution < -0.4 is 5.73 Å². The van der Waals surface area contributed by atoms with Crippen LogP contribution in [0.3, 0.4) is 0 Å². The molecule has 0 atom stereocenters. The lowest BCUT2D eigenvalue weighted by Crippen LogP contribution is -2.21. The zero-order valence-electron chi connectivity index (χ0n) is 16.7. The molecule has 1 fully saturated rings. The maximum Gasteiger partial charge on any atom is 0.181 e. The number of rotatable bonds is 10. The van der Waals surface area contributed by atoms with E-state index in [-0.39, 0.29) is 15.9 Å². The van der Waals surface area contributed by atoms with Crippen LogP contribution in [0.1, 0.15) is 25.3 Å². The summed E-state index contributed by atoms with van der Waals surface area (Å²) in [6.45, 7) is 6.97. The van der Waals surface area contributed by atoms with Gasteiger partial charge in [-0.1, -0.05) is 18.7 Å². The van der Waals surface area contributed by atoms with Gasteiger partial charge in [0, 0.05) is 43.2 Å². The Balaban J connectivity index is 2.38. The van der Waals surface area contributed by atoms with Crippen molar-refractivity contribution in [3.63, 3.8) is 0 Å². The molecule has 1 aromatic carbocycles. The Labute approximate surface area is 167 Å². The first-order valence-corrected chi connectivity index (χ1v) is 10.7. The standard InChI is InChI=1S/C21H29N3O3S/c1-5-6-16(13-15(2)24(3)11-12-27-4)21(23)19-14-18(9-10-20(19)22)28(25,26)17-7-8-17/h5-6,9-10,13-14,17,23H,1,7-8,11-12,22H2,2-4H3/b15-13+,16-6+,23-21?. The summed E-state index contributed by atoms with van der Waals surface area (Å²) in [7, 11) is 0.239. The van der Waals surface area contributed by atoms with Crippen molar-refractivity contribution in [1.82, 2.24) is 4.90 Å². The highest BCUT2D eigenvalue weighted by atomic mass is 32.2. The molecule has 2 rings (SSSR count). The van der Waals surface area contributed by atoms with Gasteiger partial charge in [-0.2, -0.15) is 0 Å². The van der Waals surface area contributed by atoms with E-state index in [0.29, 0.717) is 42.8 Å². The van der Waals surface area contributed by atoms with Gasteiger partial charge in [-0.05, 0) is 44.0 Å². The quantitative estimate of drug-likeness (QED) is 0.355. The molecule has 7 heteroatoms. The first kappa shape index (κ1) is 21.9. The molecule has 1 aliphatic carbocycles. The van der Waals surface area contributed by atoms with E-state index in [0.717, 1.165) is 5.70 Å². The second-order valence-corrected chi connectivity index (χ2v) is 9.15. The third kappa shape index (κ3) is 5.11. The number of benzene rings is 1. The normalized spacial score (nSPS) is 15.4. The molecule has 1 aliphatic rings. The molecule has 0 heterocycles. The number of methoxy groups -OCH3 is 1. The van der Waals surface area contributed by atoms with E-state index in [4.69, 9.17) is 15.9 Å². The molecule has 3 N–H and O–H groups in total. The lowest BCUT2D eigenvalue weighted by Gasteiger charge is -2.20. The van der Waals surface area contributed by atoms with Gasteiger partial charge in [-0.15, -0.1) is 0 Å². The van der Waals surface area contributed by atoms with Gasteiger partial charge in [0.1, 0.15) is 0 Å². The van der Waals surface area contributed by atoms with Crippen LogP contribution in [0.2, 0.25) is 0 Å². The van der Waals surface area contributed by atoms with Gasteiger partial charge in [0.2, 0.25) is 0 Å². The Bertz CT molecular complexity index is 913. The summed E-state index contributed by atoms with van der Waals surface area (Å²) in [5.41, 5.74) is 8.55. The molecule has 1 saturated carbocycles. The number of nitrogens with one attached hydrogen (secondary N) is 1. The average molecular weight is 404 g/mol. The number of ether oxygens (including phenoxy) is 1. The number of nitrogen functional groups attached to an aromatic ring is 1. The fraction of sp³-hybridized carbons (Fsp3) is 0.381. The molecule has 0 unspecified atom stereocenters. The minimum Gasteiger partial charge on any atom is -0.398 e. The van der Waals surface area contributed by atoms with Crippen LogP contribution in [-0.2, 0) is 14.6 Å². The van der Waals surface area contributed by atoms with Crippen LogP contribution in [0.25, 0.3) is 0 Å². The Morgan fingerprint density at radius 2 is 2.11 bits per heavy atom. The summed E-state index contributed by atoms with van der Waals surface area (Å²) in [5, 5.41) is 8.34. The van der Waals surface area contributed by atoms with Gasteiger partial charge in [0.05, 0.1) is 22.5 Å². The molecule has 0 bridgehead atoms. The van der Waals surface area contributed by atoms with Crippen LogP contribution in [0.5, 0.6) is 0 Å². The summed E-state index contributed by atoms with van der Waals surface area (Å²) >= 11 is 0. The Morgan fingerprint density at radius 1 is 1.43 bits per heavy atom. The van der Waals surface area contributed by atoms with Crippen LogP contribution in [-0.4, -0.2) is 51.6 Å². The number of nitrogens with zero attached hydrogens (tertiary/aromatic N) is 1. The van der Waals surface area contributed by atoms with Gasteiger partial charge >= 0.3 is 0 Å². The SMILES string of the molecule is C=C/C=C(\C=C(/C)N(C)CCOC)C(=N)c1cc(S(=O)(=O)C2CC2)ccc1N. The van der Waals surface area contributed by atoms with Crippen molar-refractivity contribution >= 4 is 21.2 Å². The molecule has 0 amide bonds. The van der Waals surface area contributed by atoms with Gasteiger partial charge in [0.25, 0.3) is 0 Å². The molecule has 0 saturated heterocycles. The Hall–Kier alpha value is -2.38. The summed E-state index contributed by atoms with van der Waals surface area (Å²) < 4.78 is 30.2. The van der Waals surface area contributed by atoms with E-state index in [1.165, 1.54) is 12.1 Å². The topological polar surface area (TPSA) is 96.5 Å². The highest BCUT2D eigenvalue weighted by Gasteiger charge is 2.37. The number of nitrogens with two attached hydrogens (primary N) is 1. The zero-order chi connectivity index (χ0) is 20.9. The number of hydrogen-bond donors (Lipinski definition) is 2. The summed E-state index contributed by atoms with van der Waals surface area (Å²) in [6.07, 6.45) is 6.57. The number of anilines is 1. The molecule has 0 aliphatic heterocycles. The van der Waals surface area contributed by atoms with Crippen molar-refractivity contribution in [3.8, 4) is 0 Å². The second kappa shape index (κ2) is 9.21. The molecule has 152 valence electrons. The number of allylic oxidation sites excluding steroid dienone is 5. The third-order valence-corrected chi connectivity index (χ3v) is 7.03. The van der Waals surface area contributed by atoms with E-state index in [1.807, 2.05) is 24.9 Å². The van der Waals surface area contributed by atoms with Crippen molar-refractivity contribution in [2.75, 3.05) is 33.0 Å². The zero-order valence-corrected chi connectivity index (χ0v) is 17.6. The molecule has 1 aromatic rings. The first-order chi connectivity index (χ1) is 13.2. The third-order valence-electron chi connectivity index (χ3n) is 4.77. The van der Waals surface area contributed by atoms with Crippen molar-refractivity contribution in [2.24, 2.45) is 0 Å². The minimum atomic E-state index is -3.35. The van der Waals surface area contributed by atoms with E-state index in [9.17, 15) is 8.42 Å². The number of likely N-dealkylation sites (N-methyl/N-ethyl adjacent to an activating group) is 1. The molecule has 0 radical (unpaired) electrons. The summed E-state index contributed by atoms with van der Waals surface area (Å²) in [5.74, 6) is 0. The molecule has 0 spiro atoms. The molecular weight excluding hydrogens is 374 g/mol. The fourth-order valence-corrected chi connectivity index (χ4v) is 4.41. The van der Waals surface area contributed by atoms with Crippen molar-refractivity contribution in [2.45, 2.75) is 29.9 Å².